The van der Waals surface area contributed by atoms with Gasteiger partial charge in [-0.25, -0.2) is 4.79 Å². The Bertz CT molecular complexity index is 468. The van der Waals surface area contributed by atoms with Gasteiger partial charge in [-0.3, -0.25) is 0 Å². The number of nitriles is 1. The molecule has 0 aliphatic carbocycles. The lowest BCUT2D eigenvalue weighted by molar-refractivity contribution is 0.144. The van der Waals surface area contributed by atoms with Gasteiger partial charge >= 0.3 is 6.16 Å². The van der Waals surface area contributed by atoms with E-state index in [2.05, 4.69) is 36.6 Å². The summed E-state index contributed by atoms with van der Waals surface area (Å²) in [5.74, 6) is 0.0269. The van der Waals surface area contributed by atoms with Crippen LogP contribution >= 0.6 is 31.9 Å². The van der Waals surface area contributed by atoms with E-state index in [1.165, 1.54) is 6.07 Å². The number of nitrogen functional groups attached to an aromatic ring is 1. The standard InChI is InChI=1S/C8H4Br2N2O3/c9-4-1-3(2-11)6(12)5(10)7(4)15-8(13)14/h1H,12H2,(H,13,14). The van der Waals surface area contributed by atoms with Crippen molar-refractivity contribution in [1.82, 2.24) is 0 Å². The minimum Gasteiger partial charge on any atom is -0.449 e. The Balaban J connectivity index is 3.37. The zero-order valence-corrected chi connectivity index (χ0v) is 10.3. The molecule has 0 spiro atoms. The molecule has 1 aromatic rings. The van der Waals surface area contributed by atoms with Crippen molar-refractivity contribution in [3.63, 3.8) is 0 Å². The number of anilines is 1. The molecule has 0 unspecified atom stereocenters. The van der Waals surface area contributed by atoms with Crippen molar-refractivity contribution in [1.29, 1.82) is 5.26 Å². The molecule has 0 radical (unpaired) electrons. The third kappa shape index (κ3) is 2.40. The van der Waals surface area contributed by atoms with Crippen LogP contribution in [0.4, 0.5) is 10.5 Å². The lowest BCUT2D eigenvalue weighted by Crippen LogP contribution is -2.06. The first kappa shape index (κ1) is 11.8. The van der Waals surface area contributed by atoms with Crippen molar-refractivity contribution >= 4 is 43.7 Å². The van der Waals surface area contributed by atoms with Gasteiger partial charge in [0.1, 0.15) is 6.07 Å². The first-order chi connectivity index (χ1) is 6.97. The van der Waals surface area contributed by atoms with Gasteiger partial charge in [-0.2, -0.15) is 5.26 Å². The monoisotopic (exact) mass is 334 g/mol. The summed E-state index contributed by atoms with van der Waals surface area (Å²) in [6, 6.07) is 3.26. The van der Waals surface area contributed by atoms with Crippen molar-refractivity contribution in [2.75, 3.05) is 5.73 Å². The average molecular weight is 336 g/mol. The number of nitrogens with zero attached hydrogens (tertiary/aromatic N) is 1. The van der Waals surface area contributed by atoms with Gasteiger partial charge in [-0.15, -0.1) is 0 Å². The summed E-state index contributed by atoms with van der Waals surface area (Å²) in [6.07, 6.45) is -1.46. The van der Waals surface area contributed by atoms with Crippen LogP contribution in [0.1, 0.15) is 5.56 Å². The van der Waals surface area contributed by atoms with E-state index in [1.54, 1.807) is 0 Å². The molecule has 5 nitrogen and oxygen atoms in total. The van der Waals surface area contributed by atoms with Gasteiger partial charge in [0.2, 0.25) is 0 Å². The molecule has 0 aliphatic rings. The van der Waals surface area contributed by atoms with Crippen LogP contribution in [0.5, 0.6) is 5.75 Å². The number of ether oxygens (including phenoxy) is 1. The zero-order chi connectivity index (χ0) is 11.6. The van der Waals surface area contributed by atoms with Crippen LogP contribution in [-0.2, 0) is 0 Å². The highest BCUT2D eigenvalue weighted by molar-refractivity contribution is 9.11. The Morgan fingerprint density at radius 3 is 2.67 bits per heavy atom. The van der Waals surface area contributed by atoms with Crippen molar-refractivity contribution in [2.24, 2.45) is 0 Å². The molecule has 0 saturated heterocycles. The van der Waals surface area contributed by atoms with Crippen molar-refractivity contribution in [3.05, 3.63) is 20.6 Å². The topological polar surface area (TPSA) is 96.3 Å². The van der Waals surface area contributed by atoms with Crippen LogP contribution in [0.2, 0.25) is 0 Å². The van der Waals surface area contributed by atoms with Gasteiger partial charge in [-0.1, -0.05) is 0 Å². The molecule has 0 bridgehead atoms. The number of carbonyl (C=O) groups is 1. The fourth-order valence-electron chi connectivity index (χ4n) is 0.889. The second-order valence-corrected chi connectivity index (χ2v) is 4.09. The Labute approximate surface area is 102 Å². The molecule has 0 saturated carbocycles. The maximum absolute atomic E-state index is 10.4. The van der Waals surface area contributed by atoms with E-state index in [1.807, 2.05) is 6.07 Å². The highest BCUT2D eigenvalue weighted by Crippen LogP contribution is 2.39. The summed E-state index contributed by atoms with van der Waals surface area (Å²) in [7, 11) is 0. The summed E-state index contributed by atoms with van der Waals surface area (Å²) in [4.78, 5) is 10.4. The lowest BCUT2D eigenvalue weighted by atomic mass is 10.2. The van der Waals surface area contributed by atoms with Gasteiger partial charge in [0.05, 0.1) is 20.2 Å². The molecule has 15 heavy (non-hydrogen) atoms. The largest absolute Gasteiger partial charge is 0.511 e. The molecule has 78 valence electrons. The predicted octanol–water partition coefficient (Wildman–Crippen LogP) is 2.72. The summed E-state index contributed by atoms with van der Waals surface area (Å²) >= 11 is 6.13. The molecule has 1 rings (SSSR count). The minimum atomic E-state index is -1.46. The van der Waals surface area contributed by atoms with E-state index in [0.29, 0.717) is 4.47 Å². The summed E-state index contributed by atoms with van der Waals surface area (Å²) in [6.45, 7) is 0. The second-order valence-electron chi connectivity index (χ2n) is 2.44. The van der Waals surface area contributed by atoms with Crippen LogP contribution < -0.4 is 10.5 Å². The maximum atomic E-state index is 10.4. The van der Waals surface area contributed by atoms with E-state index in [0.717, 1.165) is 0 Å². The lowest BCUT2D eigenvalue weighted by Gasteiger charge is -2.09. The molecular formula is C8H4Br2N2O3. The Morgan fingerprint density at radius 2 is 2.20 bits per heavy atom. The van der Waals surface area contributed by atoms with Crippen LogP contribution in [0, 0.1) is 11.3 Å². The molecule has 0 amide bonds. The third-order valence-corrected chi connectivity index (χ3v) is 2.90. The number of nitrogens with two attached hydrogens (primary N) is 1. The van der Waals surface area contributed by atoms with Crippen molar-refractivity contribution < 1.29 is 14.6 Å². The molecule has 0 heterocycles. The second kappa shape index (κ2) is 4.51. The van der Waals surface area contributed by atoms with E-state index in [-0.39, 0.29) is 21.5 Å². The van der Waals surface area contributed by atoms with Crippen molar-refractivity contribution in [3.8, 4) is 11.8 Å². The average Bonchev–Trinajstić information content (AvgIpc) is 2.18. The number of benzene rings is 1. The number of hydrogen-bond acceptors (Lipinski definition) is 4. The Kier molecular flexibility index (Phi) is 3.55. The highest BCUT2D eigenvalue weighted by atomic mass is 79.9. The quantitative estimate of drug-likeness (QED) is 0.467. The zero-order valence-electron chi connectivity index (χ0n) is 7.12. The molecule has 0 aliphatic heterocycles. The normalized spacial score (nSPS) is 9.40. The van der Waals surface area contributed by atoms with Gasteiger partial charge in [0.15, 0.2) is 5.75 Å². The van der Waals surface area contributed by atoms with Crippen LogP contribution in [-0.4, -0.2) is 11.3 Å². The maximum Gasteiger partial charge on any atom is 0.511 e. The fraction of sp³-hybridized carbons (Fsp3) is 0. The Morgan fingerprint density at radius 1 is 1.60 bits per heavy atom. The number of halogens is 2. The first-order valence-electron chi connectivity index (χ1n) is 3.55. The molecular weight excluding hydrogens is 332 g/mol. The molecule has 0 atom stereocenters. The van der Waals surface area contributed by atoms with Crippen molar-refractivity contribution in [2.45, 2.75) is 0 Å². The SMILES string of the molecule is N#Cc1cc(Br)c(OC(=O)O)c(Br)c1N. The smallest absolute Gasteiger partial charge is 0.449 e. The molecule has 0 aromatic heterocycles. The first-order valence-corrected chi connectivity index (χ1v) is 5.14. The Hall–Kier alpha value is -1.26. The highest BCUT2D eigenvalue weighted by Gasteiger charge is 2.16. The van der Waals surface area contributed by atoms with E-state index in [4.69, 9.17) is 16.1 Å². The number of rotatable bonds is 1. The van der Waals surface area contributed by atoms with E-state index < -0.39 is 6.16 Å². The fourth-order valence-corrected chi connectivity index (χ4v) is 2.17. The predicted molar refractivity (Wildman–Crippen MR) is 59.6 cm³/mol. The third-order valence-electron chi connectivity index (χ3n) is 1.52. The summed E-state index contributed by atoms with van der Waals surface area (Å²) < 4.78 is 5.06. The summed E-state index contributed by atoms with van der Waals surface area (Å²) in [5.41, 5.74) is 5.94. The number of hydrogen-bond donors (Lipinski definition) is 2. The van der Waals surface area contributed by atoms with E-state index >= 15 is 0 Å². The molecule has 3 N–H and O–H groups in total. The van der Waals surface area contributed by atoms with Crippen LogP contribution in [0.3, 0.4) is 0 Å². The van der Waals surface area contributed by atoms with Crippen LogP contribution in [0.25, 0.3) is 0 Å². The van der Waals surface area contributed by atoms with Gasteiger partial charge in [0.25, 0.3) is 0 Å². The minimum absolute atomic E-state index is 0.0269. The van der Waals surface area contributed by atoms with Gasteiger partial charge in [-0.05, 0) is 37.9 Å². The summed E-state index contributed by atoms with van der Waals surface area (Å²) in [5, 5.41) is 17.2. The number of carboxylic acid groups (broad SMARTS) is 1. The van der Waals surface area contributed by atoms with Gasteiger partial charge < -0.3 is 15.6 Å². The molecule has 1 aromatic carbocycles. The molecule has 7 heteroatoms. The van der Waals surface area contributed by atoms with Gasteiger partial charge in [0, 0.05) is 0 Å². The molecule has 0 fully saturated rings. The van der Waals surface area contributed by atoms with Crippen LogP contribution in [0.15, 0.2) is 15.0 Å². The van der Waals surface area contributed by atoms with E-state index in [9.17, 15) is 4.79 Å².